The zero-order chi connectivity index (χ0) is 13.5. The zero-order valence-corrected chi connectivity index (χ0v) is 12.1. The highest BCUT2D eigenvalue weighted by Crippen LogP contribution is 2.32. The molecule has 3 heteroatoms. The van der Waals surface area contributed by atoms with Crippen molar-refractivity contribution in [2.75, 3.05) is 34.4 Å². The Labute approximate surface area is 111 Å². The Balaban J connectivity index is 2.77. The molecular weight excluding hydrogens is 226 g/mol. The first-order valence-corrected chi connectivity index (χ1v) is 6.45. The fourth-order valence-corrected chi connectivity index (χ4v) is 1.91. The summed E-state index contributed by atoms with van der Waals surface area (Å²) in [5, 5.41) is 0. The summed E-state index contributed by atoms with van der Waals surface area (Å²) in [5.41, 5.74) is 1.13. The Kier molecular flexibility index (Phi) is 6.16. The van der Waals surface area contributed by atoms with Crippen LogP contribution in [0.25, 0.3) is 0 Å². The van der Waals surface area contributed by atoms with Gasteiger partial charge < -0.3 is 14.4 Å². The molecule has 0 bridgehead atoms. The predicted molar refractivity (Wildman–Crippen MR) is 75.1 cm³/mol. The number of methoxy groups -OCH3 is 1. The Hall–Kier alpha value is -1.06. The molecule has 0 saturated carbocycles. The quantitative estimate of drug-likeness (QED) is 0.743. The van der Waals surface area contributed by atoms with Crippen LogP contribution in [0.1, 0.15) is 25.5 Å². The molecule has 102 valence electrons. The van der Waals surface area contributed by atoms with Crippen molar-refractivity contribution in [3.63, 3.8) is 0 Å². The van der Waals surface area contributed by atoms with Crippen LogP contribution in [-0.4, -0.2) is 39.3 Å². The lowest BCUT2D eigenvalue weighted by Gasteiger charge is -2.24. The van der Waals surface area contributed by atoms with Gasteiger partial charge in [0.05, 0.1) is 19.8 Å². The normalized spacial score (nSPS) is 13.1. The molecule has 3 nitrogen and oxygen atoms in total. The predicted octanol–water partition coefficient (Wildman–Crippen LogP) is 2.97. The van der Waals surface area contributed by atoms with Crippen LogP contribution in [0.5, 0.6) is 5.75 Å². The lowest BCUT2D eigenvalue weighted by molar-refractivity contribution is 0.0127. The number of rotatable bonds is 7. The van der Waals surface area contributed by atoms with Crippen LogP contribution >= 0.6 is 0 Å². The largest absolute Gasteiger partial charge is 0.496 e. The first-order valence-electron chi connectivity index (χ1n) is 6.45. The summed E-state index contributed by atoms with van der Waals surface area (Å²) >= 11 is 0. The molecule has 0 aliphatic heterocycles. The second kappa shape index (κ2) is 7.39. The van der Waals surface area contributed by atoms with E-state index in [4.69, 9.17) is 9.47 Å². The van der Waals surface area contributed by atoms with Gasteiger partial charge in [0.2, 0.25) is 0 Å². The molecule has 0 radical (unpaired) electrons. The number of hydrogen-bond donors (Lipinski definition) is 0. The van der Waals surface area contributed by atoms with Crippen LogP contribution in [-0.2, 0) is 4.74 Å². The molecule has 0 aromatic heterocycles. The Morgan fingerprint density at radius 1 is 1.17 bits per heavy atom. The summed E-state index contributed by atoms with van der Waals surface area (Å²) in [7, 11) is 5.81. The van der Waals surface area contributed by atoms with Crippen molar-refractivity contribution in [1.29, 1.82) is 0 Å². The van der Waals surface area contributed by atoms with E-state index in [1.165, 1.54) is 0 Å². The van der Waals surface area contributed by atoms with Crippen molar-refractivity contribution in [1.82, 2.24) is 4.90 Å². The van der Waals surface area contributed by atoms with Crippen molar-refractivity contribution in [3.8, 4) is 5.75 Å². The van der Waals surface area contributed by atoms with E-state index in [1.54, 1.807) is 7.11 Å². The van der Waals surface area contributed by atoms with Crippen molar-refractivity contribution in [2.45, 2.75) is 20.0 Å². The SMILES string of the molecule is COc1ccccc1C(OCCN(C)C)C(C)C. The Morgan fingerprint density at radius 3 is 2.39 bits per heavy atom. The molecule has 18 heavy (non-hydrogen) atoms. The lowest BCUT2D eigenvalue weighted by Crippen LogP contribution is -2.21. The van der Waals surface area contributed by atoms with Crippen LogP contribution in [0.15, 0.2) is 24.3 Å². The number of likely N-dealkylation sites (N-methyl/N-ethyl adjacent to an activating group) is 1. The highest BCUT2D eigenvalue weighted by Gasteiger charge is 2.19. The first-order chi connectivity index (χ1) is 8.56. The Bertz CT molecular complexity index is 350. The highest BCUT2D eigenvalue weighted by molar-refractivity contribution is 5.35. The van der Waals surface area contributed by atoms with Crippen molar-refractivity contribution < 1.29 is 9.47 Å². The van der Waals surface area contributed by atoms with Gasteiger partial charge in [0.15, 0.2) is 0 Å². The molecule has 1 aromatic carbocycles. The van der Waals surface area contributed by atoms with Crippen LogP contribution in [0.3, 0.4) is 0 Å². The second-order valence-corrected chi connectivity index (χ2v) is 5.08. The summed E-state index contributed by atoms with van der Waals surface area (Å²) in [6, 6.07) is 8.08. The molecule has 1 unspecified atom stereocenters. The van der Waals surface area contributed by atoms with Gasteiger partial charge in [-0.25, -0.2) is 0 Å². The minimum atomic E-state index is 0.0844. The van der Waals surface area contributed by atoms with Gasteiger partial charge in [-0.15, -0.1) is 0 Å². The fourth-order valence-electron chi connectivity index (χ4n) is 1.91. The number of para-hydroxylation sites is 1. The summed E-state index contributed by atoms with van der Waals surface area (Å²) in [6.45, 7) is 6.01. The molecule has 0 spiro atoms. The van der Waals surface area contributed by atoms with Gasteiger partial charge in [0.1, 0.15) is 5.75 Å². The van der Waals surface area contributed by atoms with Crippen LogP contribution < -0.4 is 4.74 Å². The molecular formula is C15H25NO2. The van der Waals surface area contributed by atoms with Gasteiger partial charge in [-0.1, -0.05) is 32.0 Å². The molecule has 0 aliphatic rings. The third kappa shape index (κ3) is 4.31. The molecule has 1 atom stereocenters. The molecule has 1 rings (SSSR count). The zero-order valence-electron chi connectivity index (χ0n) is 12.1. The van der Waals surface area contributed by atoms with Crippen molar-refractivity contribution in [2.24, 2.45) is 5.92 Å². The average Bonchev–Trinajstić information content (AvgIpc) is 2.34. The van der Waals surface area contributed by atoms with Gasteiger partial charge in [-0.2, -0.15) is 0 Å². The molecule has 0 heterocycles. The lowest BCUT2D eigenvalue weighted by atomic mass is 9.98. The smallest absolute Gasteiger partial charge is 0.124 e. The summed E-state index contributed by atoms with van der Waals surface area (Å²) in [5.74, 6) is 1.32. The minimum absolute atomic E-state index is 0.0844. The standard InChI is InChI=1S/C15H25NO2/c1-12(2)15(18-11-10-16(3)4)13-8-6-7-9-14(13)17-5/h6-9,12,15H,10-11H2,1-5H3. The first kappa shape index (κ1) is 15.0. The van der Waals surface area contributed by atoms with E-state index in [0.717, 1.165) is 24.5 Å². The third-order valence-electron chi connectivity index (χ3n) is 2.89. The highest BCUT2D eigenvalue weighted by atomic mass is 16.5. The van der Waals surface area contributed by atoms with Crippen LogP contribution in [0, 0.1) is 5.92 Å². The maximum Gasteiger partial charge on any atom is 0.124 e. The van der Waals surface area contributed by atoms with Crippen LogP contribution in [0.2, 0.25) is 0 Å². The van der Waals surface area contributed by atoms with E-state index in [2.05, 4.69) is 38.9 Å². The molecule has 0 N–H and O–H groups in total. The molecule has 1 aromatic rings. The summed E-state index contributed by atoms with van der Waals surface area (Å²) < 4.78 is 11.4. The van der Waals surface area contributed by atoms with E-state index >= 15 is 0 Å². The van der Waals surface area contributed by atoms with Gasteiger partial charge in [-0.3, -0.25) is 0 Å². The van der Waals surface area contributed by atoms with E-state index < -0.39 is 0 Å². The van der Waals surface area contributed by atoms with Gasteiger partial charge in [0, 0.05) is 12.1 Å². The fraction of sp³-hybridized carbons (Fsp3) is 0.600. The van der Waals surface area contributed by atoms with Gasteiger partial charge in [-0.05, 0) is 26.1 Å². The molecule has 0 aliphatic carbocycles. The van der Waals surface area contributed by atoms with E-state index in [0.29, 0.717) is 5.92 Å². The minimum Gasteiger partial charge on any atom is -0.496 e. The van der Waals surface area contributed by atoms with E-state index in [9.17, 15) is 0 Å². The third-order valence-corrected chi connectivity index (χ3v) is 2.89. The van der Waals surface area contributed by atoms with Crippen molar-refractivity contribution >= 4 is 0 Å². The molecule has 0 saturated heterocycles. The van der Waals surface area contributed by atoms with Crippen molar-refractivity contribution in [3.05, 3.63) is 29.8 Å². The maximum atomic E-state index is 6.02. The number of benzene rings is 1. The topological polar surface area (TPSA) is 21.7 Å². The number of ether oxygens (including phenoxy) is 2. The maximum absolute atomic E-state index is 6.02. The summed E-state index contributed by atoms with van der Waals surface area (Å²) in [6.07, 6.45) is 0.0844. The second-order valence-electron chi connectivity index (χ2n) is 5.08. The Morgan fingerprint density at radius 2 is 1.83 bits per heavy atom. The van der Waals surface area contributed by atoms with Gasteiger partial charge >= 0.3 is 0 Å². The molecule has 0 fully saturated rings. The number of hydrogen-bond acceptors (Lipinski definition) is 3. The van der Waals surface area contributed by atoms with E-state index in [1.807, 2.05) is 18.2 Å². The summed E-state index contributed by atoms with van der Waals surface area (Å²) in [4.78, 5) is 2.12. The molecule has 0 amide bonds. The average molecular weight is 251 g/mol. The monoisotopic (exact) mass is 251 g/mol. The number of nitrogens with zero attached hydrogens (tertiary/aromatic N) is 1. The van der Waals surface area contributed by atoms with Crippen LogP contribution in [0.4, 0.5) is 0 Å². The van der Waals surface area contributed by atoms with E-state index in [-0.39, 0.29) is 6.10 Å². The van der Waals surface area contributed by atoms with Gasteiger partial charge in [0.25, 0.3) is 0 Å².